The Kier molecular flexibility index (Phi) is 6.74. The van der Waals surface area contributed by atoms with Crippen molar-refractivity contribution in [2.75, 3.05) is 5.75 Å². The molecule has 0 bridgehead atoms. The second kappa shape index (κ2) is 9.24. The molecule has 3 aromatic rings. The van der Waals surface area contributed by atoms with Crippen LogP contribution in [0.25, 0.3) is 0 Å². The first-order valence-electron chi connectivity index (χ1n) is 9.08. The number of nitrogens with zero attached hydrogens (tertiary/aromatic N) is 1. The maximum Gasteiger partial charge on any atom is 0.230 e. The van der Waals surface area contributed by atoms with Crippen molar-refractivity contribution in [1.29, 1.82) is 0 Å². The number of aromatic amines is 1. The molecular weight excluding hydrogens is 374 g/mol. The minimum absolute atomic E-state index is 0.0331. The summed E-state index contributed by atoms with van der Waals surface area (Å²) < 4.78 is 0. The number of thiophene rings is 1. The van der Waals surface area contributed by atoms with Gasteiger partial charge in [-0.1, -0.05) is 62.0 Å². The van der Waals surface area contributed by atoms with Crippen LogP contribution in [-0.4, -0.2) is 21.6 Å². The fourth-order valence-electron chi connectivity index (χ4n) is 2.88. The Morgan fingerprint density at radius 1 is 1.22 bits per heavy atom. The third-order valence-corrected chi connectivity index (χ3v) is 6.18. The standard InChI is InChI=1S/C21H25N3OS2/c1-14(2)20(18-10-7-11-26-18)24-19(25)13-27-21-22-15(3)17(23-21)12-16-8-5-4-6-9-16/h4-11,14,20H,12-13H2,1-3H3,(H,22,23)(H,24,25)/t20-/m0/s1. The Bertz CT molecular complexity index is 857. The van der Waals surface area contributed by atoms with E-state index in [1.165, 1.54) is 22.2 Å². The Morgan fingerprint density at radius 2 is 2.00 bits per heavy atom. The highest BCUT2D eigenvalue weighted by atomic mass is 32.2. The van der Waals surface area contributed by atoms with E-state index in [2.05, 4.69) is 47.3 Å². The molecule has 1 aromatic carbocycles. The fourth-order valence-corrected chi connectivity index (χ4v) is 4.58. The zero-order chi connectivity index (χ0) is 19.2. The number of thioether (sulfide) groups is 1. The van der Waals surface area contributed by atoms with E-state index in [0.29, 0.717) is 11.7 Å². The number of benzene rings is 1. The molecule has 3 rings (SSSR count). The minimum Gasteiger partial charge on any atom is -0.347 e. The van der Waals surface area contributed by atoms with Gasteiger partial charge in [-0.2, -0.15) is 0 Å². The summed E-state index contributed by atoms with van der Waals surface area (Å²) in [5.74, 6) is 0.735. The Labute approximate surface area is 168 Å². The van der Waals surface area contributed by atoms with Crippen molar-refractivity contribution in [1.82, 2.24) is 15.3 Å². The molecule has 0 unspecified atom stereocenters. The molecule has 0 aliphatic rings. The number of carbonyl (C=O) groups is 1. The van der Waals surface area contributed by atoms with Crippen LogP contribution < -0.4 is 5.32 Å². The van der Waals surface area contributed by atoms with E-state index in [9.17, 15) is 4.79 Å². The summed E-state index contributed by atoms with van der Waals surface area (Å²) in [4.78, 5) is 21.6. The molecule has 0 spiro atoms. The molecule has 2 heterocycles. The maximum atomic E-state index is 12.4. The van der Waals surface area contributed by atoms with Gasteiger partial charge in [0.1, 0.15) is 0 Å². The van der Waals surface area contributed by atoms with E-state index >= 15 is 0 Å². The number of rotatable bonds is 8. The predicted octanol–water partition coefficient (Wildman–Crippen LogP) is 4.98. The lowest BCUT2D eigenvalue weighted by molar-refractivity contribution is -0.119. The number of aryl methyl sites for hydroxylation is 1. The second-order valence-electron chi connectivity index (χ2n) is 6.87. The first kappa shape index (κ1) is 19.7. The lowest BCUT2D eigenvalue weighted by Gasteiger charge is -2.21. The molecule has 2 aromatic heterocycles. The van der Waals surface area contributed by atoms with E-state index in [1.54, 1.807) is 11.3 Å². The molecule has 2 N–H and O–H groups in total. The van der Waals surface area contributed by atoms with Crippen LogP contribution in [0.3, 0.4) is 0 Å². The molecular formula is C21H25N3OS2. The van der Waals surface area contributed by atoms with Gasteiger partial charge in [0.15, 0.2) is 5.16 Å². The van der Waals surface area contributed by atoms with E-state index in [4.69, 9.17) is 0 Å². The molecule has 6 heteroatoms. The summed E-state index contributed by atoms with van der Waals surface area (Å²) in [5, 5.41) is 6.00. The third-order valence-electron chi connectivity index (χ3n) is 4.35. The van der Waals surface area contributed by atoms with Crippen LogP contribution in [0.1, 0.15) is 41.7 Å². The van der Waals surface area contributed by atoms with Gasteiger partial charge in [0.2, 0.25) is 5.91 Å². The van der Waals surface area contributed by atoms with E-state index in [0.717, 1.165) is 23.0 Å². The van der Waals surface area contributed by atoms with Gasteiger partial charge in [-0.25, -0.2) is 4.98 Å². The highest BCUT2D eigenvalue weighted by Crippen LogP contribution is 2.26. The van der Waals surface area contributed by atoms with Crippen molar-refractivity contribution >= 4 is 29.0 Å². The molecule has 1 atom stereocenters. The molecule has 0 fully saturated rings. The molecule has 27 heavy (non-hydrogen) atoms. The van der Waals surface area contributed by atoms with Crippen molar-refractivity contribution in [3.05, 3.63) is 69.7 Å². The number of hydrogen-bond donors (Lipinski definition) is 2. The number of carbonyl (C=O) groups excluding carboxylic acids is 1. The normalized spacial score (nSPS) is 12.3. The first-order valence-corrected chi connectivity index (χ1v) is 10.9. The SMILES string of the molecule is Cc1[nH]c(SCC(=O)N[C@H](c2cccs2)C(C)C)nc1Cc1ccccc1. The Hall–Kier alpha value is -2.05. The van der Waals surface area contributed by atoms with Crippen LogP contribution in [0.5, 0.6) is 0 Å². The van der Waals surface area contributed by atoms with Gasteiger partial charge in [0.05, 0.1) is 17.5 Å². The molecule has 0 radical (unpaired) electrons. The molecule has 1 amide bonds. The average Bonchev–Trinajstić information content (AvgIpc) is 3.29. The summed E-state index contributed by atoms with van der Waals surface area (Å²) in [6, 6.07) is 14.5. The van der Waals surface area contributed by atoms with Crippen molar-refractivity contribution in [2.45, 2.75) is 38.4 Å². The quantitative estimate of drug-likeness (QED) is 0.526. The van der Waals surface area contributed by atoms with Gasteiger partial charge in [-0.05, 0) is 29.9 Å². The van der Waals surface area contributed by atoms with Crippen molar-refractivity contribution in [3.8, 4) is 0 Å². The molecule has 0 aliphatic heterocycles. The largest absolute Gasteiger partial charge is 0.347 e. The maximum absolute atomic E-state index is 12.4. The number of imidazole rings is 1. The van der Waals surface area contributed by atoms with Crippen LogP contribution in [0.4, 0.5) is 0 Å². The van der Waals surface area contributed by atoms with Crippen LogP contribution in [-0.2, 0) is 11.2 Å². The van der Waals surface area contributed by atoms with Crippen LogP contribution >= 0.6 is 23.1 Å². The summed E-state index contributed by atoms with van der Waals surface area (Å²) in [6.07, 6.45) is 0.795. The highest BCUT2D eigenvalue weighted by molar-refractivity contribution is 7.99. The number of nitrogens with one attached hydrogen (secondary N) is 2. The average molecular weight is 400 g/mol. The first-order chi connectivity index (χ1) is 13.0. The van der Waals surface area contributed by atoms with Crippen LogP contribution in [0.15, 0.2) is 53.0 Å². The van der Waals surface area contributed by atoms with Gasteiger partial charge in [-0.3, -0.25) is 4.79 Å². The number of H-pyrrole nitrogens is 1. The van der Waals surface area contributed by atoms with Crippen LogP contribution in [0.2, 0.25) is 0 Å². The molecule has 0 aliphatic carbocycles. The van der Waals surface area contributed by atoms with Gasteiger partial charge < -0.3 is 10.3 Å². The van der Waals surface area contributed by atoms with E-state index in [-0.39, 0.29) is 11.9 Å². The van der Waals surface area contributed by atoms with E-state index in [1.807, 2.05) is 36.6 Å². The molecule has 142 valence electrons. The summed E-state index contributed by atoms with van der Waals surface area (Å²) in [7, 11) is 0. The highest BCUT2D eigenvalue weighted by Gasteiger charge is 2.19. The number of hydrogen-bond acceptors (Lipinski definition) is 4. The van der Waals surface area contributed by atoms with Gasteiger partial charge in [0, 0.05) is 17.0 Å². The van der Waals surface area contributed by atoms with Gasteiger partial charge in [0.25, 0.3) is 0 Å². The molecule has 4 nitrogen and oxygen atoms in total. The zero-order valence-corrected chi connectivity index (χ0v) is 17.5. The van der Waals surface area contributed by atoms with Crippen molar-refractivity contribution in [3.63, 3.8) is 0 Å². The lowest BCUT2D eigenvalue weighted by Crippen LogP contribution is -2.32. The molecule has 0 saturated carbocycles. The summed E-state index contributed by atoms with van der Waals surface area (Å²) >= 11 is 3.13. The summed E-state index contributed by atoms with van der Waals surface area (Å²) in [6.45, 7) is 6.29. The lowest BCUT2D eigenvalue weighted by atomic mass is 10.0. The van der Waals surface area contributed by atoms with Crippen molar-refractivity contribution < 1.29 is 4.79 Å². The van der Waals surface area contributed by atoms with Gasteiger partial charge in [-0.15, -0.1) is 11.3 Å². The van der Waals surface area contributed by atoms with Gasteiger partial charge >= 0.3 is 0 Å². The van der Waals surface area contributed by atoms with Crippen molar-refractivity contribution in [2.24, 2.45) is 5.92 Å². The topological polar surface area (TPSA) is 57.8 Å². The second-order valence-corrected chi connectivity index (χ2v) is 8.81. The summed E-state index contributed by atoms with van der Waals surface area (Å²) in [5.41, 5.74) is 3.32. The fraction of sp³-hybridized carbons (Fsp3) is 0.333. The smallest absolute Gasteiger partial charge is 0.230 e. The number of aromatic nitrogens is 2. The predicted molar refractivity (Wildman–Crippen MR) is 113 cm³/mol. The minimum atomic E-state index is 0.0331. The molecule has 0 saturated heterocycles. The third kappa shape index (κ3) is 5.47. The number of amides is 1. The monoisotopic (exact) mass is 399 g/mol. The zero-order valence-electron chi connectivity index (χ0n) is 15.9. The Balaban J connectivity index is 1.56. The Morgan fingerprint density at radius 3 is 2.67 bits per heavy atom. The van der Waals surface area contributed by atoms with E-state index < -0.39 is 0 Å². The van der Waals surface area contributed by atoms with Crippen LogP contribution in [0, 0.1) is 12.8 Å².